The van der Waals surface area contributed by atoms with Crippen LogP contribution in [0.3, 0.4) is 0 Å². The topological polar surface area (TPSA) is 60.5 Å². The quantitative estimate of drug-likeness (QED) is 0.637. The predicted molar refractivity (Wildman–Crippen MR) is 102 cm³/mol. The lowest BCUT2D eigenvalue weighted by molar-refractivity contribution is 0.103. The highest BCUT2D eigenvalue weighted by Gasteiger charge is 2.15. The van der Waals surface area contributed by atoms with Crippen LogP contribution in [0.1, 0.15) is 23.5 Å². The molecule has 2 aromatic heterocycles. The summed E-state index contributed by atoms with van der Waals surface area (Å²) in [6.45, 7) is 4.89. The van der Waals surface area contributed by atoms with Crippen LogP contribution in [0.25, 0.3) is 9.88 Å². The summed E-state index contributed by atoms with van der Waals surface area (Å²) in [6.07, 6.45) is 1.60. The highest BCUT2D eigenvalue weighted by Crippen LogP contribution is 2.32. The molecule has 3 aromatic rings. The number of nitrogens with zero attached hydrogens (tertiary/aromatic N) is 1. The van der Waals surface area contributed by atoms with Crippen LogP contribution < -0.4 is 14.8 Å². The van der Waals surface area contributed by atoms with E-state index in [-0.39, 0.29) is 5.91 Å². The Hall–Kier alpha value is -2.38. The van der Waals surface area contributed by atoms with Crippen LogP contribution in [-0.2, 0) is 0 Å². The van der Waals surface area contributed by atoms with Crippen molar-refractivity contribution in [2.75, 3.05) is 18.5 Å². The van der Waals surface area contributed by atoms with Gasteiger partial charge in [0.1, 0.15) is 21.4 Å². The zero-order chi connectivity index (χ0) is 17.6. The summed E-state index contributed by atoms with van der Waals surface area (Å²) in [5.74, 6) is 1.09. The maximum atomic E-state index is 12.6. The smallest absolute Gasteiger partial charge is 0.267 e. The highest BCUT2D eigenvalue weighted by atomic mass is 32.1. The Morgan fingerprint density at radius 3 is 2.76 bits per heavy atom. The van der Waals surface area contributed by atoms with Gasteiger partial charge < -0.3 is 14.8 Å². The van der Waals surface area contributed by atoms with Gasteiger partial charge >= 0.3 is 0 Å². The van der Waals surface area contributed by atoms with E-state index in [2.05, 4.69) is 10.3 Å². The minimum atomic E-state index is -0.213. The van der Waals surface area contributed by atoms with Crippen LogP contribution in [0.5, 0.6) is 11.5 Å². The van der Waals surface area contributed by atoms with Gasteiger partial charge in [-0.05, 0) is 37.4 Å². The monoisotopic (exact) mass is 374 g/mol. The first kappa shape index (κ1) is 17.4. The zero-order valence-electron chi connectivity index (χ0n) is 13.9. The molecule has 7 heteroatoms. The molecule has 1 N–H and O–H groups in total. The van der Waals surface area contributed by atoms with Crippen LogP contribution >= 0.6 is 22.7 Å². The molecule has 0 saturated heterocycles. The first-order chi connectivity index (χ1) is 12.2. The number of anilines is 1. The van der Waals surface area contributed by atoms with Crippen molar-refractivity contribution in [2.45, 2.75) is 13.8 Å². The molecule has 25 heavy (non-hydrogen) atoms. The molecule has 0 fully saturated rings. The van der Waals surface area contributed by atoms with Crippen LogP contribution in [0.2, 0.25) is 0 Å². The first-order valence-corrected chi connectivity index (χ1v) is 9.61. The average molecular weight is 374 g/mol. The third-order valence-corrected chi connectivity index (χ3v) is 5.31. The van der Waals surface area contributed by atoms with E-state index < -0.39 is 0 Å². The van der Waals surface area contributed by atoms with Gasteiger partial charge in [0, 0.05) is 6.07 Å². The van der Waals surface area contributed by atoms with E-state index in [4.69, 9.17) is 9.47 Å². The number of thiazole rings is 1. The Balaban J connectivity index is 1.81. The lowest BCUT2D eigenvalue weighted by Gasteiger charge is -2.13. The van der Waals surface area contributed by atoms with Crippen molar-refractivity contribution in [1.29, 1.82) is 0 Å². The number of nitrogens with one attached hydrogen (secondary N) is 1. The van der Waals surface area contributed by atoms with Crippen LogP contribution in [0.4, 0.5) is 5.69 Å². The Morgan fingerprint density at radius 1 is 1.20 bits per heavy atom. The fraction of sp³-hybridized carbons (Fsp3) is 0.222. The fourth-order valence-corrected chi connectivity index (χ4v) is 3.84. The molecule has 0 aliphatic heterocycles. The summed E-state index contributed by atoms with van der Waals surface area (Å²) in [5.41, 5.74) is 0.587. The Bertz CT molecular complexity index is 844. The minimum Gasteiger partial charge on any atom is -0.494 e. The van der Waals surface area contributed by atoms with E-state index in [1.54, 1.807) is 29.7 Å². The minimum absolute atomic E-state index is 0.213. The largest absolute Gasteiger partial charge is 0.494 e. The molecule has 1 amide bonds. The molecule has 0 bridgehead atoms. The van der Waals surface area contributed by atoms with Crippen molar-refractivity contribution in [3.63, 3.8) is 0 Å². The van der Waals surface area contributed by atoms with Crippen molar-refractivity contribution < 1.29 is 14.3 Å². The molecule has 0 spiro atoms. The van der Waals surface area contributed by atoms with E-state index in [9.17, 15) is 4.79 Å². The molecule has 0 saturated carbocycles. The number of aromatic nitrogens is 1. The lowest BCUT2D eigenvalue weighted by Crippen LogP contribution is -2.11. The van der Waals surface area contributed by atoms with Crippen LogP contribution in [0, 0.1) is 0 Å². The van der Waals surface area contributed by atoms with Gasteiger partial charge in [0.25, 0.3) is 5.91 Å². The van der Waals surface area contributed by atoms with Gasteiger partial charge in [-0.1, -0.05) is 6.07 Å². The maximum absolute atomic E-state index is 12.6. The number of carbonyl (C=O) groups is 1. The molecular formula is C18H18N2O3S2. The zero-order valence-corrected chi connectivity index (χ0v) is 15.6. The summed E-state index contributed by atoms with van der Waals surface area (Å²) in [5, 5.41) is 5.73. The van der Waals surface area contributed by atoms with Crippen LogP contribution in [-0.4, -0.2) is 24.1 Å². The SMILES string of the molecule is CCOc1ccc(OCC)c(NC(=O)c2cnc(-c3cccs3)s2)c1. The second-order valence-electron chi connectivity index (χ2n) is 4.99. The number of rotatable bonds is 7. The summed E-state index contributed by atoms with van der Waals surface area (Å²) in [6, 6.07) is 9.35. The van der Waals surface area contributed by atoms with E-state index in [0.717, 1.165) is 9.88 Å². The molecule has 2 heterocycles. The fourth-order valence-electron chi connectivity index (χ4n) is 2.22. The Morgan fingerprint density at radius 2 is 2.04 bits per heavy atom. The van der Waals surface area contributed by atoms with Crippen molar-refractivity contribution in [2.24, 2.45) is 0 Å². The number of hydrogen-bond acceptors (Lipinski definition) is 6. The number of carbonyl (C=O) groups excluding carboxylic acids is 1. The van der Waals surface area contributed by atoms with Crippen molar-refractivity contribution in [1.82, 2.24) is 4.98 Å². The number of thiophene rings is 1. The molecule has 5 nitrogen and oxygen atoms in total. The highest BCUT2D eigenvalue weighted by molar-refractivity contribution is 7.22. The second kappa shape index (κ2) is 8.13. The van der Waals surface area contributed by atoms with Gasteiger partial charge in [-0.15, -0.1) is 22.7 Å². The van der Waals surface area contributed by atoms with Gasteiger partial charge in [0.2, 0.25) is 0 Å². The molecule has 130 valence electrons. The third-order valence-electron chi connectivity index (χ3n) is 3.27. The van der Waals surface area contributed by atoms with Gasteiger partial charge in [-0.25, -0.2) is 4.98 Å². The van der Waals surface area contributed by atoms with E-state index in [1.165, 1.54) is 11.3 Å². The molecule has 0 unspecified atom stereocenters. The molecule has 1 aromatic carbocycles. The van der Waals surface area contributed by atoms with Crippen molar-refractivity contribution in [3.05, 3.63) is 46.8 Å². The van der Waals surface area contributed by atoms with Crippen molar-refractivity contribution in [3.8, 4) is 21.4 Å². The Labute approximate surface area is 154 Å². The summed E-state index contributed by atoms with van der Waals surface area (Å²) in [4.78, 5) is 18.5. The van der Waals surface area contributed by atoms with Crippen molar-refractivity contribution >= 4 is 34.3 Å². The van der Waals surface area contributed by atoms with Gasteiger partial charge in [-0.3, -0.25) is 4.79 Å². The van der Waals surface area contributed by atoms with Crippen LogP contribution in [0.15, 0.2) is 41.9 Å². The molecular weight excluding hydrogens is 356 g/mol. The second-order valence-corrected chi connectivity index (χ2v) is 6.96. The summed E-state index contributed by atoms with van der Waals surface area (Å²) < 4.78 is 11.1. The molecule has 0 aliphatic rings. The van der Waals surface area contributed by atoms with E-state index in [0.29, 0.717) is 35.3 Å². The summed E-state index contributed by atoms with van der Waals surface area (Å²) >= 11 is 2.97. The standard InChI is InChI=1S/C18H18N2O3S2/c1-3-22-12-7-8-14(23-4-2)13(10-12)20-17(21)16-11-19-18(25-16)15-6-5-9-24-15/h5-11H,3-4H2,1-2H3,(H,20,21). The first-order valence-electron chi connectivity index (χ1n) is 7.92. The number of ether oxygens (including phenoxy) is 2. The number of hydrogen-bond donors (Lipinski definition) is 1. The molecule has 0 atom stereocenters. The maximum Gasteiger partial charge on any atom is 0.267 e. The van der Waals surface area contributed by atoms with E-state index >= 15 is 0 Å². The summed E-state index contributed by atoms with van der Waals surface area (Å²) in [7, 11) is 0. The molecule has 0 radical (unpaired) electrons. The average Bonchev–Trinajstić information content (AvgIpc) is 3.28. The van der Waals surface area contributed by atoms with E-state index in [1.807, 2.05) is 37.4 Å². The molecule has 3 rings (SSSR count). The lowest BCUT2D eigenvalue weighted by atomic mass is 10.2. The number of amides is 1. The van der Waals surface area contributed by atoms with Gasteiger partial charge in [0.05, 0.1) is 30.0 Å². The van der Waals surface area contributed by atoms with Gasteiger partial charge in [-0.2, -0.15) is 0 Å². The third kappa shape index (κ3) is 4.18. The van der Waals surface area contributed by atoms with Gasteiger partial charge in [0.15, 0.2) is 0 Å². The predicted octanol–water partition coefficient (Wildman–Crippen LogP) is 4.92. The number of benzene rings is 1. The normalized spacial score (nSPS) is 10.5. The Kier molecular flexibility index (Phi) is 5.67. The molecule has 0 aliphatic carbocycles.